The number of nitrogens with zero attached hydrogens (tertiary/aromatic N) is 1. The number of hydrogen-bond donors (Lipinski definition) is 3. The third kappa shape index (κ3) is 7.45. The van der Waals surface area contributed by atoms with Crippen molar-refractivity contribution in [2.75, 3.05) is 13.1 Å². The molecule has 1 aromatic carbocycles. The number of benzene rings is 1. The van der Waals surface area contributed by atoms with Crippen LogP contribution >= 0.6 is 24.0 Å². The van der Waals surface area contributed by atoms with Crippen LogP contribution < -0.4 is 10.6 Å². The van der Waals surface area contributed by atoms with Gasteiger partial charge in [-0.25, -0.2) is 4.99 Å². The minimum absolute atomic E-state index is 0. The van der Waals surface area contributed by atoms with Crippen molar-refractivity contribution in [1.29, 1.82) is 0 Å². The molecule has 0 heterocycles. The maximum Gasteiger partial charge on any atom is 0.191 e. The van der Waals surface area contributed by atoms with E-state index in [1.165, 1.54) is 12.8 Å². The van der Waals surface area contributed by atoms with Gasteiger partial charge in [0.2, 0.25) is 0 Å². The Morgan fingerprint density at radius 1 is 1.09 bits per heavy atom. The van der Waals surface area contributed by atoms with Gasteiger partial charge >= 0.3 is 0 Å². The summed E-state index contributed by atoms with van der Waals surface area (Å²) >= 11 is 0. The van der Waals surface area contributed by atoms with Crippen molar-refractivity contribution >= 4 is 29.9 Å². The topological polar surface area (TPSA) is 56.7 Å². The van der Waals surface area contributed by atoms with E-state index in [0.717, 1.165) is 30.2 Å². The van der Waals surface area contributed by atoms with Crippen LogP contribution in [0.15, 0.2) is 29.3 Å². The van der Waals surface area contributed by atoms with E-state index in [1.807, 2.05) is 24.3 Å². The molecule has 22 heavy (non-hydrogen) atoms. The maximum absolute atomic E-state index is 9.35. The van der Waals surface area contributed by atoms with Gasteiger partial charge in [-0.05, 0) is 24.0 Å². The van der Waals surface area contributed by atoms with Gasteiger partial charge in [0.25, 0.3) is 0 Å². The number of hydrogen-bond acceptors (Lipinski definition) is 2. The minimum atomic E-state index is 0. The van der Waals surface area contributed by atoms with Gasteiger partial charge in [0.1, 0.15) is 0 Å². The number of nitrogens with one attached hydrogen (secondary N) is 2. The smallest absolute Gasteiger partial charge is 0.191 e. The molecule has 0 bridgehead atoms. The van der Waals surface area contributed by atoms with Crippen LogP contribution in [0.25, 0.3) is 0 Å². The lowest BCUT2D eigenvalue weighted by Crippen LogP contribution is -2.39. The molecule has 0 aliphatic rings. The Hall–Kier alpha value is -0.820. The molecule has 0 amide bonds. The van der Waals surface area contributed by atoms with Crippen molar-refractivity contribution in [2.24, 2.45) is 10.9 Å². The predicted octanol–water partition coefficient (Wildman–Crippen LogP) is 3.29. The van der Waals surface area contributed by atoms with E-state index in [-0.39, 0.29) is 30.6 Å². The first-order valence-electron chi connectivity index (χ1n) is 7.94. The average Bonchev–Trinajstić information content (AvgIpc) is 2.53. The summed E-state index contributed by atoms with van der Waals surface area (Å²) in [5.74, 6) is 1.52. The molecule has 126 valence electrons. The highest BCUT2D eigenvalue weighted by molar-refractivity contribution is 14.0. The highest BCUT2D eigenvalue weighted by Gasteiger charge is 2.05. The highest BCUT2D eigenvalue weighted by Crippen LogP contribution is 2.10. The van der Waals surface area contributed by atoms with Gasteiger partial charge in [-0.3, -0.25) is 0 Å². The van der Waals surface area contributed by atoms with Crippen molar-refractivity contribution in [3.63, 3.8) is 0 Å². The van der Waals surface area contributed by atoms with Crippen LogP contribution in [0.3, 0.4) is 0 Å². The first-order chi connectivity index (χ1) is 10.2. The maximum atomic E-state index is 9.35. The second kappa shape index (κ2) is 12.7. The molecule has 1 rings (SSSR count). The molecule has 3 N–H and O–H groups in total. The van der Waals surface area contributed by atoms with E-state index in [2.05, 4.69) is 36.4 Å². The van der Waals surface area contributed by atoms with Gasteiger partial charge in [-0.1, -0.05) is 51.0 Å². The van der Waals surface area contributed by atoms with Crippen LogP contribution in [-0.4, -0.2) is 24.2 Å². The summed E-state index contributed by atoms with van der Waals surface area (Å²) in [6.45, 7) is 8.93. The van der Waals surface area contributed by atoms with E-state index in [0.29, 0.717) is 12.5 Å². The number of aliphatic hydroxyl groups excluding tert-OH is 1. The van der Waals surface area contributed by atoms with E-state index in [4.69, 9.17) is 0 Å². The number of aliphatic hydroxyl groups is 1. The number of rotatable bonds is 8. The normalized spacial score (nSPS) is 11.2. The van der Waals surface area contributed by atoms with E-state index < -0.39 is 0 Å². The molecule has 0 saturated heterocycles. The van der Waals surface area contributed by atoms with Crippen molar-refractivity contribution in [1.82, 2.24) is 10.6 Å². The Morgan fingerprint density at radius 2 is 1.73 bits per heavy atom. The zero-order valence-corrected chi connectivity index (χ0v) is 16.3. The summed E-state index contributed by atoms with van der Waals surface area (Å²) in [5.41, 5.74) is 2.01. The Labute approximate surface area is 151 Å². The zero-order valence-electron chi connectivity index (χ0n) is 13.9. The largest absolute Gasteiger partial charge is 0.392 e. The molecular formula is C17H30IN3O. The predicted molar refractivity (Wildman–Crippen MR) is 105 cm³/mol. The summed E-state index contributed by atoms with van der Waals surface area (Å²) in [6.07, 6.45) is 2.35. The number of halogens is 1. The third-order valence-electron chi connectivity index (χ3n) is 3.75. The Balaban J connectivity index is 0.00000441. The van der Waals surface area contributed by atoms with Gasteiger partial charge in [-0.2, -0.15) is 0 Å². The summed E-state index contributed by atoms with van der Waals surface area (Å²) in [4.78, 5) is 4.62. The van der Waals surface area contributed by atoms with E-state index >= 15 is 0 Å². The lowest BCUT2D eigenvalue weighted by atomic mass is 10.0. The summed E-state index contributed by atoms with van der Waals surface area (Å²) in [6, 6.07) is 7.87. The first-order valence-corrected chi connectivity index (χ1v) is 7.94. The van der Waals surface area contributed by atoms with Gasteiger partial charge in [0, 0.05) is 13.1 Å². The molecule has 0 saturated carbocycles. The zero-order chi connectivity index (χ0) is 15.5. The van der Waals surface area contributed by atoms with E-state index in [1.54, 1.807) is 0 Å². The van der Waals surface area contributed by atoms with Gasteiger partial charge < -0.3 is 15.7 Å². The highest BCUT2D eigenvalue weighted by atomic mass is 127. The quantitative estimate of drug-likeness (QED) is 0.344. The van der Waals surface area contributed by atoms with E-state index in [9.17, 15) is 5.11 Å². The molecule has 0 atom stereocenters. The van der Waals surface area contributed by atoms with Crippen LogP contribution in [0.2, 0.25) is 0 Å². The van der Waals surface area contributed by atoms with Gasteiger partial charge in [0.15, 0.2) is 5.96 Å². The van der Waals surface area contributed by atoms with Crippen molar-refractivity contribution in [2.45, 2.75) is 46.8 Å². The molecule has 0 radical (unpaired) electrons. The van der Waals surface area contributed by atoms with Gasteiger partial charge in [-0.15, -0.1) is 24.0 Å². The molecular weight excluding hydrogens is 389 g/mol. The van der Waals surface area contributed by atoms with Crippen molar-refractivity contribution in [3.8, 4) is 0 Å². The minimum Gasteiger partial charge on any atom is -0.392 e. The molecule has 4 nitrogen and oxygen atoms in total. The molecule has 0 fully saturated rings. The molecule has 1 aromatic rings. The van der Waals surface area contributed by atoms with Gasteiger partial charge in [0.05, 0.1) is 13.2 Å². The van der Waals surface area contributed by atoms with Crippen molar-refractivity contribution in [3.05, 3.63) is 35.4 Å². The third-order valence-corrected chi connectivity index (χ3v) is 3.75. The standard InChI is InChI=1S/C17H29N3O.HI/c1-4-14(5-2)11-19-17(18-6-3)20-12-15-9-7-8-10-16(15)13-21;/h7-10,14,21H,4-6,11-13H2,1-3H3,(H2,18,19,20);1H. The monoisotopic (exact) mass is 419 g/mol. The van der Waals surface area contributed by atoms with Crippen LogP contribution in [0.1, 0.15) is 44.7 Å². The molecule has 0 spiro atoms. The average molecular weight is 419 g/mol. The number of guanidine groups is 1. The fourth-order valence-electron chi connectivity index (χ4n) is 2.19. The first kappa shape index (κ1) is 21.2. The van der Waals surface area contributed by atoms with Crippen LogP contribution in [0, 0.1) is 5.92 Å². The second-order valence-electron chi connectivity index (χ2n) is 5.19. The lowest BCUT2D eigenvalue weighted by molar-refractivity contribution is 0.280. The van der Waals surface area contributed by atoms with Crippen LogP contribution in [0.5, 0.6) is 0 Å². The second-order valence-corrected chi connectivity index (χ2v) is 5.19. The molecule has 0 aliphatic carbocycles. The Kier molecular flexibility index (Phi) is 12.2. The summed E-state index contributed by atoms with van der Waals surface area (Å²) in [5, 5.41) is 16.0. The van der Waals surface area contributed by atoms with Crippen LogP contribution in [-0.2, 0) is 13.2 Å². The molecule has 0 aliphatic heterocycles. The summed E-state index contributed by atoms with van der Waals surface area (Å²) in [7, 11) is 0. The number of aliphatic imine (C=N–C) groups is 1. The summed E-state index contributed by atoms with van der Waals surface area (Å²) < 4.78 is 0. The van der Waals surface area contributed by atoms with Crippen LogP contribution in [0.4, 0.5) is 0 Å². The Bertz CT molecular complexity index is 434. The SMILES string of the molecule is CCNC(=NCc1ccccc1CO)NCC(CC)CC.I. The Morgan fingerprint density at radius 3 is 2.27 bits per heavy atom. The fraction of sp³-hybridized carbons (Fsp3) is 0.588. The molecule has 5 heteroatoms. The fourth-order valence-corrected chi connectivity index (χ4v) is 2.19. The molecule has 0 unspecified atom stereocenters. The molecule has 0 aromatic heterocycles. The van der Waals surface area contributed by atoms with Crippen molar-refractivity contribution < 1.29 is 5.11 Å². The lowest BCUT2D eigenvalue weighted by Gasteiger charge is -2.16.